The van der Waals surface area contributed by atoms with Gasteiger partial charge in [0.05, 0.1) is 5.69 Å². The van der Waals surface area contributed by atoms with Crippen LogP contribution < -0.4 is 4.74 Å². The van der Waals surface area contributed by atoms with Crippen molar-refractivity contribution in [2.24, 2.45) is 0 Å². The number of imidazole rings is 1. The number of piperidine rings is 1. The lowest BCUT2D eigenvalue weighted by molar-refractivity contribution is 0.0590. The third-order valence-corrected chi connectivity index (χ3v) is 5.53. The number of fused-ring (bicyclic) bond motifs is 2. The molecule has 29 heavy (non-hydrogen) atoms. The normalized spacial score (nSPS) is 15.1. The number of carbonyl (C=O) groups is 1. The van der Waals surface area contributed by atoms with Gasteiger partial charge in [0.15, 0.2) is 0 Å². The molecule has 0 saturated carbocycles. The molecule has 1 amide bonds. The van der Waals surface area contributed by atoms with Gasteiger partial charge in [0.25, 0.3) is 5.91 Å². The van der Waals surface area contributed by atoms with E-state index in [1.807, 2.05) is 71.0 Å². The van der Waals surface area contributed by atoms with E-state index in [1.165, 1.54) is 0 Å². The number of para-hydroxylation sites is 1. The minimum atomic E-state index is 0.0338. The molecule has 0 aliphatic carbocycles. The van der Waals surface area contributed by atoms with E-state index < -0.39 is 0 Å². The Bertz CT molecular complexity index is 1190. The van der Waals surface area contributed by atoms with Crippen LogP contribution in [0.25, 0.3) is 16.6 Å². The highest BCUT2D eigenvalue weighted by atomic mass is 16.5. The maximum atomic E-state index is 13.1. The number of hydrogen-bond donors (Lipinski definition) is 0. The first-order valence-corrected chi connectivity index (χ1v) is 9.94. The molecule has 0 atom stereocenters. The van der Waals surface area contributed by atoms with Crippen LogP contribution in [0.2, 0.25) is 0 Å². The van der Waals surface area contributed by atoms with E-state index in [9.17, 15) is 4.79 Å². The SMILES string of the molecule is Cc1nc2ccccn2c1C(=O)N1CCC(Oc2cccc3cccnc23)CC1. The van der Waals surface area contributed by atoms with Gasteiger partial charge in [-0.2, -0.15) is 0 Å². The summed E-state index contributed by atoms with van der Waals surface area (Å²) in [4.78, 5) is 24.0. The van der Waals surface area contributed by atoms with Crippen LogP contribution in [0.15, 0.2) is 60.9 Å². The summed E-state index contributed by atoms with van der Waals surface area (Å²) in [6.07, 6.45) is 5.35. The second-order valence-electron chi connectivity index (χ2n) is 7.42. The standard InChI is InChI=1S/C23H22N4O2/c1-16-22(27-13-3-2-9-20(27)25-16)23(28)26-14-10-18(11-15-26)29-19-8-4-6-17-7-5-12-24-21(17)19/h2-9,12-13,18H,10-11,14-15H2,1H3. The molecule has 1 aliphatic heterocycles. The molecular weight excluding hydrogens is 364 g/mol. The maximum absolute atomic E-state index is 13.1. The predicted molar refractivity (Wildman–Crippen MR) is 111 cm³/mol. The summed E-state index contributed by atoms with van der Waals surface area (Å²) in [6.45, 7) is 3.23. The molecule has 1 fully saturated rings. The van der Waals surface area contributed by atoms with Crippen molar-refractivity contribution < 1.29 is 9.53 Å². The van der Waals surface area contributed by atoms with Crippen molar-refractivity contribution in [3.8, 4) is 5.75 Å². The molecular formula is C23H22N4O2. The lowest BCUT2D eigenvalue weighted by Crippen LogP contribution is -2.42. The lowest BCUT2D eigenvalue weighted by Gasteiger charge is -2.32. The molecule has 4 aromatic rings. The van der Waals surface area contributed by atoms with Crippen molar-refractivity contribution in [2.45, 2.75) is 25.9 Å². The minimum Gasteiger partial charge on any atom is -0.488 e. The summed E-state index contributed by atoms with van der Waals surface area (Å²) in [7, 11) is 0. The van der Waals surface area contributed by atoms with Crippen LogP contribution in [-0.4, -0.2) is 44.4 Å². The minimum absolute atomic E-state index is 0.0338. The summed E-state index contributed by atoms with van der Waals surface area (Å²) in [5.41, 5.74) is 3.10. The Kier molecular flexibility index (Phi) is 4.39. The van der Waals surface area contributed by atoms with Gasteiger partial charge >= 0.3 is 0 Å². The summed E-state index contributed by atoms with van der Waals surface area (Å²) >= 11 is 0. The largest absolute Gasteiger partial charge is 0.488 e. The van der Waals surface area contributed by atoms with Crippen LogP contribution in [0.4, 0.5) is 0 Å². The lowest BCUT2D eigenvalue weighted by atomic mass is 10.1. The molecule has 6 nitrogen and oxygen atoms in total. The fourth-order valence-corrected chi connectivity index (χ4v) is 4.05. The zero-order valence-electron chi connectivity index (χ0n) is 16.3. The molecule has 3 aromatic heterocycles. The summed E-state index contributed by atoms with van der Waals surface area (Å²) < 4.78 is 8.14. The van der Waals surface area contributed by atoms with Gasteiger partial charge < -0.3 is 9.64 Å². The van der Waals surface area contributed by atoms with E-state index in [-0.39, 0.29) is 12.0 Å². The average molecular weight is 386 g/mol. The monoisotopic (exact) mass is 386 g/mol. The molecule has 0 N–H and O–H groups in total. The number of hydrogen-bond acceptors (Lipinski definition) is 4. The zero-order chi connectivity index (χ0) is 19.8. The van der Waals surface area contributed by atoms with Gasteiger partial charge in [-0.1, -0.05) is 24.3 Å². The number of carbonyl (C=O) groups excluding carboxylic acids is 1. The molecule has 4 heterocycles. The van der Waals surface area contributed by atoms with Crippen molar-refractivity contribution in [1.29, 1.82) is 0 Å². The van der Waals surface area contributed by atoms with Crippen molar-refractivity contribution in [1.82, 2.24) is 19.3 Å². The number of aromatic nitrogens is 3. The van der Waals surface area contributed by atoms with E-state index in [2.05, 4.69) is 9.97 Å². The Morgan fingerprint density at radius 1 is 1.07 bits per heavy atom. The van der Waals surface area contributed by atoms with Crippen molar-refractivity contribution in [3.05, 3.63) is 72.3 Å². The Hall–Kier alpha value is -3.41. The Labute approximate surface area is 168 Å². The molecule has 0 unspecified atom stereocenters. The molecule has 0 bridgehead atoms. The number of ether oxygens (including phenoxy) is 1. The van der Waals surface area contributed by atoms with Crippen LogP contribution >= 0.6 is 0 Å². The smallest absolute Gasteiger partial charge is 0.272 e. The van der Waals surface area contributed by atoms with E-state index >= 15 is 0 Å². The van der Waals surface area contributed by atoms with Crippen molar-refractivity contribution in [3.63, 3.8) is 0 Å². The van der Waals surface area contributed by atoms with Crippen molar-refractivity contribution in [2.75, 3.05) is 13.1 Å². The second kappa shape index (κ2) is 7.20. The highest BCUT2D eigenvalue weighted by Crippen LogP contribution is 2.27. The number of amides is 1. The number of nitrogens with zero attached hydrogens (tertiary/aromatic N) is 4. The third kappa shape index (κ3) is 3.20. The molecule has 146 valence electrons. The topological polar surface area (TPSA) is 59.7 Å². The van der Waals surface area contributed by atoms with Gasteiger partial charge in [-0.15, -0.1) is 0 Å². The van der Waals surface area contributed by atoms with Gasteiger partial charge in [0, 0.05) is 43.7 Å². The van der Waals surface area contributed by atoms with E-state index in [0.717, 1.165) is 40.8 Å². The van der Waals surface area contributed by atoms with Gasteiger partial charge in [0.2, 0.25) is 0 Å². The van der Waals surface area contributed by atoms with Crippen LogP contribution in [-0.2, 0) is 0 Å². The third-order valence-electron chi connectivity index (χ3n) is 5.53. The van der Waals surface area contributed by atoms with Gasteiger partial charge in [-0.05, 0) is 31.2 Å². The van der Waals surface area contributed by atoms with Crippen LogP contribution in [0, 0.1) is 6.92 Å². The van der Waals surface area contributed by atoms with Gasteiger partial charge in [-0.25, -0.2) is 4.98 Å². The van der Waals surface area contributed by atoms with Crippen LogP contribution in [0.5, 0.6) is 5.75 Å². The first kappa shape index (κ1) is 17.7. The first-order valence-electron chi connectivity index (χ1n) is 9.94. The number of benzene rings is 1. The van der Waals surface area contributed by atoms with Crippen molar-refractivity contribution >= 4 is 22.5 Å². The number of rotatable bonds is 3. The highest BCUT2D eigenvalue weighted by Gasteiger charge is 2.28. The zero-order valence-corrected chi connectivity index (χ0v) is 16.3. The van der Waals surface area contributed by atoms with Gasteiger partial charge in [0.1, 0.15) is 28.7 Å². The van der Waals surface area contributed by atoms with E-state index in [0.29, 0.717) is 18.8 Å². The predicted octanol–water partition coefficient (Wildman–Crippen LogP) is 3.87. The summed E-state index contributed by atoms with van der Waals surface area (Å²) in [5.74, 6) is 0.844. The molecule has 5 rings (SSSR count). The van der Waals surface area contributed by atoms with E-state index in [1.54, 1.807) is 6.20 Å². The van der Waals surface area contributed by atoms with Crippen LogP contribution in [0.1, 0.15) is 29.0 Å². The molecule has 1 aromatic carbocycles. The number of likely N-dealkylation sites (tertiary alicyclic amines) is 1. The highest BCUT2D eigenvalue weighted by molar-refractivity contribution is 5.94. The molecule has 1 saturated heterocycles. The fraction of sp³-hybridized carbons (Fsp3) is 0.261. The summed E-state index contributed by atoms with van der Waals surface area (Å²) in [6, 6.07) is 15.7. The van der Waals surface area contributed by atoms with E-state index in [4.69, 9.17) is 4.74 Å². The summed E-state index contributed by atoms with van der Waals surface area (Å²) in [5, 5.41) is 1.07. The first-order chi connectivity index (χ1) is 14.2. The quantitative estimate of drug-likeness (QED) is 0.536. The Balaban J connectivity index is 1.30. The fourth-order valence-electron chi connectivity index (χ4n) is 4.05. The molecule has 1 aliphatic rings. The number of pyridine rings is 2. The second-order valence-corrected chi connectivity index (χ2v) is 7.42. The molecule has 0 radical (unpaired) electrons. The maximum Gasteiger partial charge on any atom is 0.272 e. The average Bonchev–Trinajstić information content (AvgIpc) is 3.10. The Morgan fingerprint density at radius 2 is 1.90 bits per heavy atom. The number of aryl methyl sites for hydroxylation is 1. The van der Waals surface area contributed by atoms with Gasteiger partial charge in [-0.3, -0.25) is 14.2 Å². The molecule has 6 heteroatoms. The van der Waals surface area contributed by atoms with Crippen LogP contribution in [0.3, 0.4) is 0 Å². The Morgan fingerprint density at radius 3 is 2.76 bits per heavy atom. The molecule has 0 spiro atoms.